The average molecular weight is 1250 g/mol. The zero-order chi connectivity index (χ0) is 65.3. The second kappa shape index (κ2) is 30.9. The SMILES string of the molecule is C=C(C)C[C@H](OC)[C@H](O[Si](C(C)C)(C(C)C)C(C)C)C(=O)N/C=C/C[C@@H](O[Si](C)(C)C(C)(C)C)C(C)(C)[C@@H](C[C@H](OC(C)=O)[C@H](C)[C@H]1Cc2c(C)c(O[Si](C(C)C)(C(C)C)C(C)C)cc(O[Si](C(C)C)(C(C)C)C(C)C)c2C(=O)O1)OC(C)=O. The molecule has 0 bridgehead atoms. The van der Waals surface area contributed by atoms with E-state index in [4.69, 9.17) is 36.7 Å². The Morgan fingerprint density at radius 1 is 0.667 bits per heavy atom. The van der Waals surface area contributed by atoms with Gasteiger partial charge in [-0.3, -0.25) is 14.4 Å². The number of cyclic esters (lactones) is 1. The minimum absolute atomic E-state index is 0.0758. The van der Waals surface area contributed by atoms with Gasteiger partial charge in [0.2, 0.25) is 8.32 Å². The average Bonchev–Trinajstić information content (AvgIpc) is 1.64. The van der Waals surface area contributed by atoms with Crippen LogP contribution in [0.1, 0.15) is 228 Å². The maximum atomic E-state index is 15.0. The topological polar surface area (TPSA) is 154 Å². The van der Waals surface area contributed by atoms with Crippen LogP contribution in [-0.2, 0) is 48.6 Å². The van der Waals surface area contributed by atoms with Crippen LogP contribution in [0.15, 0.2) is 30.5 Å². The highest BCUT2D eigenvalue weighted by molar-refractivity contribution is 6.79. The number of carbonyl (C=O) groups is 4. The Balaban J connectivity index is 2.91. The van der Waals surface area contributed by atoms with Crippen LogP contribution in [0.2, 0.25) is 68.0 Å². The van der Waals surface area contributed by atoms with Crippen molar-refractivity contribution in [2.45, 2.75) is 324 Å². The fraction of sp³-hybridized carbons (Fsp3) is 0.791. The molecule has 1 N–H and O–H groups in total. The zero-order valence-electron chi connectivity index (χ0n) is 58.9. The largest absolute Gasteiger partial charge is 0.542 e. The van der Waals surface area contributed by atoms with Crippen LogP contribution in [-0.4, -0.2) is 101 Å². The smallest absolute Gasteiger partial charge is 0.342 e. The number of hydrogen-bond acceptors (Lipinski definition) is 12. The Bertz CT molecular complexity index is 2320. The second-order valence-electron chi connectivity index (χ2n) is 29.8. The Labute approximate surface area is 516 Å². The third-order valence-electron chi connectivity index (χ3n) is 19.8. The lowest BCUT2D eigenvalue weighted by Gasteiger charge is -2.47. The molecule has 84 heavy (non-hydrogen) atoms. The van der Waals surface area contributed by atoms with E-state index in [1.54, 1.807) is 13.3 Å². The van der Waals surface area contributed by atoms with Crippen molar-refractivity contribution in [3.63, 3.8) is 0 Å². The van der Waals surface area contributed by atoms with E-state index in [9.17, 15) is 14.4 Å². The van der Waals surface area contributed by atoms with Crippen molar-refractivity contribution in [2.24, 2.45) is 11.3 Å². The summed E-state index contributed by atoms with van der Waals surface area (Å²) in [5, 5.41) is 2.88. The minimum Gasteiger partial charge on any atom is -0.542 e. The number of ether oxygens (including phenoxy) is 4. The number of carbonyl (C=O) groups excluding carboxylic acids is 4. The maximum Gasteiger partial charge on any atom is 0.342 e. The molecule has 1 aliphatic rings. The molecule has 0 saturated carbocycles. The number of fused-ring (bicyclic) bond motifs is 1. The molecule has 0 saturated heterocycles. The van der Waals surface area contributed by atoms with E-state index in [1.807, 2.05) is 46.8 Å². The van der Waals surface area contributed by atoms with Crippen molar-refractivity contribution in [3.05, 3.63) is 47.2 Å². The zero-order valence-corrected chi connectivity index (χ0v) is 62.9. The lowest BCUT2D eigenvalue weighted by molar-refractivity contribution is -0.168. The van der Waals surface area contributed by atoms with Crippen molar-refractivity contribution >= 4 is 57.1 Å². The van der Waals surface area contributed by atoms with Gasteiger partial charge < -0.3 is 42.0 Å². The molecule has 0 aliphatic carbocycles. The number of nitrogens with one attached hydrogen (secondary N) is 1. The van der Waals surface area contributed by atoms with Crippen LogP contribution in [0.5, 0.6) is 11.5 Å². The molecule has 0 radical (unpaired) electrons. The van der Waals surface area contributed by atoms with Crippen molar-refractivity contribution < 1.29 is 55.8 Å². The molecule has 7 atom stereocenters. The first-order valence-electron chi connectivity index (χ1n) is 31.9. The molecular formula is C67H123NO12Si4. The van der Waals surface area contributed by atoms with Gasteiger partial charge in [0.15, 0.2) is 14.4 Å². The Morgan fingerprint density at radius 3 is 1.50 bits per heavy atom. The first-order valence-corrected chi connectivity index (χ1v) is 41.2. The molecule has 1 aliphatic heterocycles. The summed E-state index contributed by atoms with van der Waals surface area (Å²) in [5.41, 5.74) is 4.31. The first-order chi connectivity index (χ1) is 38.3. The molecule has 1 heterocycles. The highest BCUT2D eigenvalue weighted by atomic mass is 28.4. The second-order valence-corrected chi connectivity index (χ2v) is 50.7. The lowest BCUT2D eigenvalue weighted by atomic mass is 9.75. The lowest BCUT2D eigenvalue weighted by Crippen LogP contribution is -2.56. The van der Waals surface area contributed by atoms with Gasteiger partial charge in [-0.25, -0.2) is 4.79 Å². The summed E-state index contributed by atoms with van der Waals surface area (Å²) < 4.78 is 54.8. The Morgan fingerprint density at radius 2 is 1.11 bits per heavy atom. The molecule has 17 heteroatoms. The molecule has 1 aromatic rings. The van der Waals surface area contributed by atoms with Crippen LogP contribution in [0.25, 0.3) is 0 Å². The number of esters is 3. The van der Waals surface area contributed by atoms with Gasteiger partial charge >= 0.3 is 17.9 Å². The van der Waals surface area contributed by atoms with Gasteiger partial charge in [-0.2, -0.15) is 0 Å². The number of hydrogen-bond donors (Lipinski definition) is 1. The maximum absolute atomic E-state index is 15.0. The normalized spacial score (nSPS) is 17.3. The van der Waals surface area contributed by atoms with Crippen molar-refractivity contribution in [2.75, 3.05) is 7.11 Å². The molecule has 0 aromatic heterocycles. The minimum atomic E-state index is -2.62. The van der Waals surface area contributed by atoms with E-state index in [2.05, 4.69) is 170 Å². The number of rotatable bonds is 33. The molecule has 484 valence electrons. The third-order valence-corrected chi connectivity index (χ3v) is 42.4. The van der Waals surface area contributed by atoms with Gasteiger partial charge in [0.1, 0.15) is 35.4 Å². The van der Waals surface area contributed by atoms with E-state index in [1.165, 1.54) is 13.8 Å². The molecule has 2 rings (SSSR count). The van der Waals surface area contributed by atoms with Crippen molar-refractivity contribution in [3.8, 4) is 11.5 Å². The summed E-state index contributed by atoms with van der Waals surface area (Å²) >= 11 is 0. The monoisotopic (exact) mass is 1250 g/mol. The van der Waals surface area contributed by atoms with Crippen LogP contribution in [0.4, 0.5) is 0 Å². The van der Waals surface area contributed by atoms with Gasteiger partial charge in [0.05, 0.1) is 12.2 Å². The van der Waals surface area contributed by atoms with Crippen molar-refractivity contribution in [1.29, 1.82) is 0 Å². The summed E-state index contributed by atoms with van der Waals surface area (Å²) in [6, 6.07) is 1.99. The predicted octanol–water partition coefficient (Wildman–Crippen LogP) is 18.1. The van der Waals surface area contributed by atoms with Crippen LogP contribution >= 0.6 is 0 Å². The van der Waals surface area contributed by atoms with E-state index < -0.39 is 99.1 Å². The summed E-state index contributed by atoms with van der Waals surface area (Å²) in [6.45, 7) is 68.0. The van der Waals surface area contributed by atoms with Crippen molar-refractivity contribution in [1.82, 2.24) is 5.32 Å². The molecule has 0 fully saturated rings. The van der Waals surface area contributed by atoms with Gasteiger partial charge in [-0.15, -0.1) is 6.58 Å². The molecular weight excluding hydrogens is 1120 g/mol. The standard InChI is InChI=1S/C67H123NO12Si4/c1-40(2)36-59(73-30)63(80-84(47(15)16,48(17)18)49(19)20)64(71)68-35-33-34-60(79-81(31,32)66(25,26)27)67(28,29)61(75-53(24)70)39-56(74-52(23)69)51(22)55-37-54-50(21)57(77-82(41(3)4,42(5)6)43(7)8)38-58(62(54)65(72)76-55)78-83(44(9)10,45(11)12)46(13)14/h33,35,38,41-49,51,55-56,59-61,63H,1,34,36-37,39H2,2-32H3,(H,68,71)/b35-33+/t51-,55-,56+,59+,60-,61-,63+/m1/s1. The molecule has 1 aromatic carbocycles. The van der Waals surface area contributed by atoms with Gasteiger partial charge in [-0.1, -0.05) is 178 Å². The highest BCUT2D eigenvalue weighted by Crippen LogP contribution is 2.51. The quantitative estimate of drug-likeness (QED) is 0.0308. The molecule has 0 unspecified atom stereocenters. The van der Waals surface area contributed by atoms with Crippen LogP contribution < -0.4 is 14.2 Å². The summed E-state index contributed by atoms with van der Waals surface area (Å²) in [5.74, 6) is -1.15. The van der Waals surface area contributed by atoms with Crippen LogP contribution in [0.3, 0.4) is 0 Å². The van der Waals surface area contributed by atoms with E-state index >= 15 is 4.79 Å². The van der Waals surface area contributed by atoms with E-state index in [-0.39, 0.29) is 50.6 Å². The molecule has 1 amide bonds. The number of benzene rings is 1. The summed E-state index contributed by atoms with van der Waals surface area (Å²) in [6.07, 6.45) is 0.220. The first kappa shape index (κ1) is 77.0. The molecule has 13 nitrogen and oxygen atoms in total. The number of amides is 1. The van der Waals surface area contributed by atoms with Gasteiger partial charge in [0, 0.05) is 51.2 Å². The highest BCUT2D eigenvalue weighted by Gasteiger charge is 2.53. The predicted molar refractivity (Wildman–Crippen MR) is 356 cm³/mol. The van der Waals surface area contributed by atoms with E-state index in [0.29, 0.717) is 47.2 Å². The van der Waals surface area contributed by atoms with Crippen LogP contribution in [0, 0.1) is 18.3 Å². The van der Waals surface area contributed by atoms with Gasteiger partial charge in [0.25, 0.3) is 22.5 Å². The van der Waals surface area contributed by atoms with E-state index in [0.717, 1.165) is 22.4 Å². The van der Waals surface area contributed by atoms with Gasteiger partial charge in [-0.05, 0) is 112 Å². The number of methoxy groups -OCH3 is 1. The Hall–Kier alpha value is -3.07. The summed E-state index contributed by atoms with van der Waals surface area (Å²) in [4.78, 5) is 56.4. The summed E-state index contributed by atoms with van der Waals surface area (Å²) in [7, 11) is -8.66. The molecule has 0 spiro atoms. The fourth-order valence-electron chi connectivity index (χ4n) is 14.3. The third kappa shape index (κ3) is 17.6. The Kier molecular flexibility index (Phi) is 28.3. The fourth-order valence-corrected chi connectivity index (χ4v) is 31.8.